The molecule has 24 heavy (non-hydrogen) atoms. The number of amides is 1. The summed E-state index contributed by atoms with van der Waals surface area (Å²) in [5, 5.41) is 8.28. The van der Waals surface area contributed by atoms with Crippen LogP contribution in [0.4, 0.5) is 0 Å². The lowest BCUT2D eigenvalue weighted by Crippen LogP contribution is -2.26. The number of hydrogen-bond donors (Lipinski definition) is 0. The first-order valence-corrected chi connectivity index (χ1v) is 8.78. The van der Waals surface area contributed by atoms with Gasteiger partial charge in [-0.25, -0.2) is 5.01 Å². The molecule has 4 rings (SSSR count). The van der Waals surface area contributed by atoms with E-state index in [9.17, 15) is 4.79 Å². The first-order valence-electron chi connectivity index (χ1n) is 7.90. The van der Waals surface area contributed by atoms with Crippen molar-refractivity contribution in [2.75, 3.05) is 0 Å². The molecule has 0 fully saturated rings. The third-order valence-electron chi connectivity index (χ3n) is 4.15. The number of hydrogen-bond acceptors (Lipinski definition) is 5. The summed E-state index contributed by atoms with van der Waals surface area (Å²) in [6.07, 6.45) is 4.52. The molecule has 1 unspecified atom stereocenters. The Bertz CT molecular complexity index is 920. The second-order valence-electron chi connectivity index (χ2n) is 5.64. The molecule has 1 aliphatic rings. The van der Waals surface area contributed by atoms with Gasteiger partial charge in [0.25, 0.3) is 0 Å². The average Bonchev–Trinajstić information content (AvgIpc) is 3.30. The summed E-state index contributed by atoms with van der Waals surface area (Å²) in [4.78, 5) is 22.2. The van der Waals surface area contributed by atoms with Gasteiger partial charge in [-0.3, -0.25) is 14.8 Å². The van der Waals surface area contributed by atoms with Gasteiger partial charge >= 0.3 is 0 Å². The van der Waals surface area contributed by atoms with E-state index in [1.54, 1.807) is 28.7 Å². The number of hydrazone groups is 1. The fraction of sp³-hybridized carbons (Fsp3) is 0.222. The molecule has 0 aliphatic carbocycles. The van der Waals surface area contributed by atoms with Gasteiger partial charge in [0.1, 0.15) is 0 Å². The summed E-state index contributed by atoms with van der Waals surface area (Å²) >= 11 is 1.65. The van der Waals surface area contributed by atoms with Crippen molar-refractivity contribution in [3.63, 3.8) is 0 Å². The lowest BCUT2D eigenvalue weighted by atomic mass is 10.0. The Morgan fingerprint density at radius 1 is 1.25 bits per heavy atom. The Hall–Kier alpha value is -2.60. The van der Waals surface area contributed by atoms with Crippen molar-refractivity contribution < 1.29 is 4.79 Å². The summed E-state index contributed by atoms with van der Waals surface area (Å²) in [6.45, 7) is 1.86. The zero-order valence-electron chi connectivity index (χ0n) is 13.2. The number of fused-ring (bicyclic) bond motifs is 1. The van der Waals surface area contributed by atoms with Crippen molar-refractivity contribution in [2.45, 2.75) is 25.8 Å². The minimum absolute atomic E-state index is 0.0331. The number of aromatic nitrogens is 2. The fourth-order valence-electron chi connectivity index (χ4n) is 2.94. The number of carbonyl (C=O) groups is 1. The van der Waals surface area contributed by atoms with Crippen molar-refractivity contribution >= 4 is 34.0 Å². The van der Waals surface area contributed by atoms with Crippen LogP contribution in [0.1, 0.15) is 36.2 Å². The van der Waals surface area contributed by atoms with Crippen LogP contribution >= 0.6 is 11.3 Å². The van der Waals surface area contributed by atoms with Gasteiger partial charge < -0.3 is 0 Å². The molecule has 0 saturated heterocycles. The highest BCUT2D eigenvalue weighted by Crippen LogP contribution is 2.34. The van der Waals surface area contributed by atoms with E-state index in [0.29, 0.717) is 6.42 Å². The molecule has 0 bridgehead atoms. The van der Waals surface area contributed by atoms with Crippen molar-refractivity contribution in [3.8, 4) is 0 Å². The van der Waals surface area contributed by atoms with Gasteiger partial charge in [0, 0.05) is 25.2 Å². The summed E-state index contributed by atoms with van der Waals surface area (Å²) in [7, 11) is 0. The van der Waals surface area contributed by atoms with Gasteiger partial charge in [0.2, 0.25) is 5.91 Å². The number of rotatable bonds is 3. The largest absolute Gasteiger partial charge is 0.273 e. The highest BCUT2D eigenvalue weighted by atomic mass is 32.1. The molecule has 1 aromatic carbocycles. The van der Waals surface area contributed by atoms with E-state index in [1.165, 1.54) is 0 Å². The summed E-state index contributed by atoms with van der Waals surface area (Å²) in [6, 6.07) is 9.95. The second-order valence-corrected chi connectivity index (χ2v) is 6.59. The summed E-state index contributed by atoms with van der Waals surface area (Å²) < 4.78 is 0. The van der Waals surface area contributed by atoms with E-state index in [0.717, 1.165) is 33.6 Å². The zero-order chi connectivity index (χ0) is 16.5. The molecule has 1 atom stereocenters. The van der Waals surface area contributed by atoms with Crippen LogP contribution in [0.3, 0.4) is 0 Å². The van der Waals surface area contributed by atoms with Gasteiger partial charge in [0.05, 0.1) is 27.7 Å². The first kappa shape index (κ1) is 15.0. The van der Waals surface area contributed by atoms with Crippen LogP contribution in [0.25, 0.3) is 11.0 Å². The van der Waals surface area contributed by atoms with Crippen LogP contribution in [0.15, 0.2) is 53.2 Å². The Balaban J connectivity index is 1.73. The average molecular weight is 336 g/mol. The second kappa shape index (κ2) is 6.13. The molecule has 5 nitrogen and oxygen atoms in total. The van der Waals surface area contributed by atoms with Crippen LogP contribution in [-0.2, 0) is 4.79 Å². The Morgan fingerprint density at radius 3 is 2.83 bits per heavy atom. The van der Waals surface area contributed by atoms with E-state index in [1.807, 2.05) is 42.6 Å². The minimum atomic E-state index is -0.0824. The van der Waals surface area contributed by atoms with E-state index >= 15 is 0 Å². The van der Waals surface area contributed by atoms with E-state index in [-0.39, 0.29) is 11.9 Å². The SMILES string of the molecule is CCC(=O)N1N=C(c2cccs2)CC1c1ccc2nccnc2c1. The summed E-state index contributed by atoms with van der Waals surface area (Å²) in [5.41, 5.74) is 3.70. The molecule has 6 heteroatoms. The molecule has 1 amide bonds. The molecule has 0 spiro atoms. The smallest absolute Gasteiger partial charge is 0.242 e. The molecule has 0 N–H and O–H groups in total. The molecule has 2 aromatic heterocycles. The molecule has 0 radical (unpaired) electrons. The highest BCUT2D eigenvalue weighted by Gasteiger charge is 2.32. The molecule has 120 valence electrons. The summed E-state index contributed by atoms with van der Waals surface area (Å²) in [5.74, 6) is 0.0331. The van der Waals surface area contributed by atoms with Crippen molar-refractivity contribution in [1.29, 1.82) is 0 Å². The third kappa shape index (κ3) is 2.59. The molecule has 3 heterocycles. The Morgan fingerprint density at radius 2 is 2.08 bits per heavy atom. The minimum Gasteiger partial charge on any atom is -0.273 e. The molecule has 1 aliphatic heterocycles. The quantitative estimate of drug-likeness (QED) is 0.731. The standard InChI is InChI=1S/C18H16N4OS/c1-2-18(23)22-16(11-15(21-22)17-4-3-9-24-17)12-5-6-13-14(10-12)20-8-7-19-13/h3-10,16H,2,11H2,1H3. The van der Waals surface area contributed by atoms with Crippen molar-refractivity contribution in [2.24, 2.45) is 5.10 Å². The normalized spacial score (nSPS) is 17.3. The number of nitrogens with zero attached hydrogens (tertiary/aromatic N) is 4. The monoisotopic (exact) mass is 336 g/mol. The van der Waals surface area contributed by atoms with Gasteiger partial charge in [0.15, 0.2) is 0 Å². The maximum atomic E-state index is 12.4. The van der Waals surface area contributed by atoms with Crippen molar-refractivity contribution in [1.82, 2.24) is 15.0 Å². The predicted octanol–water partition coefficient (Wildman–Crippen LogP) is 3.78. The Kier molecular flexibility index (Phi) is 3.82. The van der Waals surface area contributed by atoms with Crippen LogP contribution in [0, 0.1) is 0 Å². The predicted molar refractivity (Wildman–Crippen MR) is 94.9 cm³/mol. The zero-order valence-corrected chi connectivity index (χ0v) is 14.0. The lowest BCUT2D eigenvalue weighted by Gasteiger charge is -2.21. The van der Waals surface area contributed by atoms with Gasteiger partial charge in [-0.2, -0.15) is 5.10 Å². The van der Waals surface area contributed by atoms with E-state index in [4.69, 9.17) is 0 Å². The van der Waals surface area contributed by atoms with E-state index in [2.05, 4.69) is 15.1 Å². The maximum Gasteiger partial charge on any atom is 0.242 e. The number of thiophene rings is 1. The lowest BCUT2D eigenvalue weighted by molar-refractivity contribution is -0.132. The number of carbonyl (C=O) groups excluding carboxylic acids is 1. The van der Waals surface area contributed by atoms with Crippen LogP contribution in [0.5, 0.6) is 0 Å². The molecular formula is C18H16N4OS. The highest BCUT2D eigenvalue weighted by molar-refractivity contribution is 7.12. The third-order valence-corrected chi connectivity index (χ3v) is 5.07. The van der Waals surface area contributed by atoms with Crippen LogP contribution in [0.2, 0.25) is 0 Å². The van der Waals surface area contributed by atoms with E-state index < -0.39 is 0 Å². The van der Waals surface area contributed by atoms with Gasteiger partial charge in [-0.1, -0.05) is 19.1 Å². The molecular weight excluding hydrogens is 320 g/mol. The number of benzene rings is 1. The fourth-order valence-corrected chi connectivity index (χ4v) is 3.66. The molecule has 0 saturated carbocycles. The Labute approximate surface area is 143 Å². The van der Waals surface area contributed by atoms with Crippen molar-refractivity contribution in [3.05, 3.63) is 58.5 Å². The van der Waals surface area contributed by atoms with Crippen LogP contribution < -0.4 is 0 Å². The molecule has 3 aromatic rings. The van der Waals surface area contributed by atoms with Gasteiger partial charge in [-0.05, 0) is 29.1 Å². The maximum absolute atomic E-state index is 12.4. The van der Waals surface area contributed by atoms with Gasteiger partial charge in [-0.15, -0.1) is 11.3 Å². The first-order chi connectivity index (χ1) is 11.8. The van der Waals surface area contributed by atoms with Crippen LogP contribution in [-0.4, -0.2) is 26.6 Å². The topological polar surface area (TPSA) is 58.5 Å².